The molecule has 0 unspecified atom stereocenters. The second-order valence-electron chi connectivity index (χ2n) is 5.19. The molecular formula is C17H20BrNO5. The van der Waals surface area contributed by atoms with Crippen molar-refractivity contribution in [1.82, 2.24) is 0 Å². The summed E-state index contributed by atoms with van der Waals surface area (Å²) >= 11 is 3.39. The van der Waals surface area contributed by atoms with Crippen LogP contribution in [0.3, 0.4) is 0 Å². The van der Waals surface area contributed by atoms with Crippen LogP contribution in [0.2, 0.25) is 0 Å². The highest BCUT2D eigenvalue weighted by atomic mass is 79.9. The van der Waals surface area contributed by atoms with Crippen molar-refractivity contribution >= 4 is 27.9 Å². The quantitative estimate of drug-likeness (QED) is 0.626. The molecule has 1 aromatic carbocycles. The topological polar surface area (TPSA) is 85.6 Å². The van der Waals surface area contributed by atoms with E-state index in [9.17, 15) is 14.9 Å². The smallest absolute Gasteiger partial charge is 0.305 e. The third-order valence-corrected chi connectivity index (χ3v) is 4.35. The summed E-state index contributed by atoms with van der Waals surface area (Å²) in [4.78, 5) is 23.1. The lowest BCUT2D eigenvalue weighted by molar-refractivity contribution is -0.141. The molecule has 0 spiro atoms. The van der Waals surface area contributed by atoms with Gasteiger partial charge in [0.2, 0.25) is 0 Å². The zero-order valence-electron chi connectivity index (χ0n) is 13.9. The number of benzene rings is 1. The second kappa shape index (κ2) is 9.28. The summed E-state index contributed by atoms with van der Waals surface area (Å²) in [7, 11) is 4.10. The number of carbonyl (C=O) groups is 2. The maximum absolute atomic E-state index is 11.6. The lowest BCUT2D eigenvalue weighted by atomic mass is 9.74. The van der Waals surface area contributed by atoms with Gasteiger partial charge in [-0.2, -0.15) is 5.26 Å². The predicted octanol–water partition coefficient (Wildman–Crippen LogP) is 3.13. The Morgan fingerprint density at radius 3 is 2.08 bits per heavy atom. The molecule has 0 bridgehead atoms. The van der Waals surface area contributed by atoms with E-state index in [1.165, 1.54) is 21.3 Å². The summed E-state index contributed by atoms with van der Waals surface area (Å²) < 4.78 is 15.5. The van der Waals surface area contributed by atoms with Crippen LogP contribution in [0, 0.1) is 11.3 Å². The van der Waals surface area contributed by atoms with Crippen LogP contribution in [-0.2, 0) is 24.5 Å². The molecule has 130 valence electrons. The number of carbonyl (C=O) groups excluding carboxylic acids is 2. The van der Waals surface area contributed by atoms with Gasteiger partial charge in [0.25, 0.3) is 0 Å². The molecule has 1 rings (SSSR count). The molecule has 7 heteroatoms. The van der Waals surface area contributed by atoms with Gasteiger partial charge < -0.3 is 14.2 Å². The number of halogens is 1. The van der Waals surface area contributed by atoms with Gasteiger partial charge in [0.15, 0.2) is 0 Å². The number of nitrogens with zero attached hydrogens (tertiary/aromatic N) is 1. The van der Waals surface area contributed by atoms with Crippen molar-refractivity contribution in [3.63, 3.8) is 0 Å². The minimum absolute atomic E-state index is 0.0564. The first-order valence-electron chi connectivity index (χ1n) is 7.31. The third-order valence-electron chi connectivity index (χ3n) is 3.86. The van der Waals surface area contributed by atoms with Gasteiger partial charge in [-0.1, -0.05) is 15.9 Å². The van der Waals surface area contributed by atoms with Crippen LogP contribution in [-0.4, -0.2) is 33.3 Å². The van der Waals surface area contributed by atoms with Crippen LogP contribution < -0.4 is 4.74 Å². The summed E-state index contributed by atoms with van der Waals surface area (Å²) in [6.45, 7) is 0. The van der Waals surface area contributed by atoms with Gasteiger partial charge in [-0.05, 0) is 31.0 Å². The highest BCUT2D eigenvalue weighted by molar-refractivity contribution is 9.10. The Hall–Kier alpha value is -2.07. The SMILES string of the molecule is COC(=O)CCC(C#N)(CCC(=O)OC)c1cc(Br)ccc1OC. The Morgan fingerprint density at radius 2 is 1.67 bits per heavy atom. The minimum Gasteiger partial charge on any atom is -0.496 e. The van der Waals surface area contributed by atoms with Crippen molar-refractivity contribution in [2.24, 2.45) is 0 Å². The Kier molecular flexibility index (Phi) is 7.72. The predicted molar refractivity (Wildman–Crippen MR) is 90.5 cm³/mol. The van der Waals surface area contributed by atoms with E-state index in [2.05, 4.69) is 31.5 Å². The summed E-state index contributed by atoms with van der Waals surface area (Å²) in [6, 6.07) is 7.59. The van der Waals surface area contributed by atoms with Crippen molar-refractivity contribution in [1.29, 1.82) is 5.26 Å². The number of ether oxygens (including phenoxy) is 3. The fourth-order valence-electron chi connectivity index (χ4n) is 2.46. The van der Waals surface area contributed by atoms with Gasteiger partial charge in [0.1, 0.15) is 5.75 Å². The lowest BCUT2D eigenvalue weighted by Crippen LogP contribution is -2.27. The molecule has 0 N–H and O–H groups in total. The molecule has 0 aliphatic heterocycles. The third kappa shape index (κ3) is 4.96. The molecule has 0 aliphatic carbocycles. The van der Waals surface area contributed by atoms with E-state index < -0.39 is 17.4 Å². The first kappa shape index (κ1) is 20.0. The second-order valence-corrected chi connectivity index (χ2v) is 6.11. The first-order valence-corrected chi connectivity index (χ1v) is 8.10. The molecular weight excluding hydrogens is 378 g/mol. The van der Waals surface area contributed by atoms with Gasteiger partial charge in [0, 0.05) is 22.9 Å². The summed E-state index contributed by atoms with van der Waals surface area (Å²) in [6.07, 6.45) is 0.530. The van der Waals surface area contributed by atoms with E-state index in [4.69, 9.17) is 4.74 Å². The Bertz CT molecular complexity index is 618. The zero-order valence-corrected chi connectivity index (χ0v) is 15.5. The molecule has 0 aromatic heterocycles. The normalized spacial score (nSPS) is 10.6. The molecule has 24 heavy (non-hydrogen) atoms. The van der Waals surface area contributed by atoms with Crippen LogP contribution in [0.1, 0.15) is 31.2 Å². The van der Waals surface area contributed by atoms with E-state index in [1.807, 2.05) is 0 Å². The van der Waals surface area contributed by atoms with E-state index >= 15 is 0 Å². The largest absolute Gasteiger partial charge is 0.496 e. The summed E-state index contributed by atoms with van der Waals surface area (Å²) in [5, 5.41) is 9.89. The number of hydrogen-bond acceptors (Lipinski definition) is 6. The maximum Gasteiger partial charge on any atom is 0.305 e. The van der Waals surface area contributed by atoms with Crippen molar-refractivity contribution in [2.75, 3.05) is 21.3 Å². The van der Waals surface area contributed by atoms with Crippen LogP contribution in [0.5, 0.6) is 5.75 Å². The van der Waals surface area contributed by atoms with Gasteiger partial charge >= 0.3 is 11.9 Å². The number of nitriles is 1. The average molecular weight is 398 g/mol. The standard InChI is InChI=1S/C17H20BrNO5/c1-22-14-5-4-12(18)10-13(14)17(11-19,8-6-15(20)23-2)9-7-16(21)24-3/h4-5,10H,6-9H2,1-3H3. The van der Waals surface area contributed by atoms with Crippen molar-refractivity contribution in [2.45, 2.75) is 31.1 Å². The molecule has 0 fully saturated rings. The zero-order chi connectivity index (χ0) is 18.2. The van der Waals surface area contributed by atoms with Crippen molar-refractivity contribution < 1.29 is 23.8 Å². The van der Waals surface area contributed by atoms with Crippen LogP contribution in [0.4, 0.5) is 0 Å². The Morgan fingerprint density at radius 1 is 1.12 bits per heavy atom. The summed E-state index contributed by atoms with van der Waals surface area (Å²) in [5.74, 6) is -0.308. The monoisotopic (exact) mass is 397 g/mol. The van der Waals surface area contributed by atoms with Crippen molar-refractivity contribution in [3.8, 4) is 11.8 Å². The average Bonchev–Trinajstić information content (AvgIpc) is 2.61. The number of esters is 2. The van der Waals surface area contributed by atoms with Crippen LogP contribution >= 0.6 is 15.9 Å². The fourth-order valence-corrected chi connectivity index (χ4v) is 2.82. The Balaban J connectivity index is 3.29. The Labute approximate surface area is 149 Å². The molecule has 0 saturated carbocycles. The molecule has 0 atom stereocenters. The van der Waals surface area contributed by atoms with E-state index in [1.54, 1.807) is 18.2 Å². The van der Waals surface area contributed by atoms with Gasteiger partial charge in [-0.3, -0.25) is 9.59 Å². The van der Waals surface area contributed by atoms with E-state index in [-0.39, 0.29) is 25.7 Å². The van der Waals surface area contributed by atoms with Crippen LogP contribution in [0.15, 0.2) is 22.7 Å². The summed E-state index contributed by atoms with van der Waals surface area (Å²) in [5.41, 5.74) is -0.452. The highest BCUT2D eigenvalue weighted by Crippen LogP contribution is 2.40. The van der Waals surface area contributed by atoms with Gasteiger partial charge in [-0.25, -0.2) is 0 Å². The molecule has 0 amide bonds. The first-order chi connectivity index (χ1) is 11.4. The van der Waals surface area contributed by atoms with Crippen LogP contribution in [0.25, 0.3) is 0 Å². The highest BCUT2D eigenvalue weighted by Gasteiger charge is 2.36. The van der Waals surface area contributed by atoms with E-state index in [0.29, 0.717) is 11.3 Å². The number of rotatable bonds is 8. The molecule has 0 saturated heterocycles. The number of hydrogen-bond donors (Lipinski definition) is 0. The van der Waals surface area contributed by atoms with E-state index in [0.717, 1.165) is 4.47 Å². The van der Waals surface area contributed by atoms with Gasteiger partial charge in [0.05, 0.1) is 32.8 Å². The van der Waals surface area contributed by atoms with Crippen molar-refractivity contribution in [3.05, 3.63) is 28.2 Å². The molecule has 6 nitrogen and oxygen atoms in total. The molecule has 0 radical (unpaired) electrons. The molecule has 0 heterocycles. The lowest BCUT2D eigenvalue weighted by Gasteiger charge is -2.28. The van der Waals surface area contributed by atoms with Gasteiger partial charge in [-0.15, -0.1) is 0 Å². The molecule has 0 aliphatic rings. The maximum atomic E-state index is 11.6. The fraction of sp³-hybridized carbons (Fsp3) is 0.471. The number of methoxy groups -OCH3 is 3. The molecule has 1 aromatic rings. The minimum atomic E-state index is -1.07.